The Labute approximate surface area is 524 Å². The van der Waals surface area contributed by atoms with Crippen LogP contribution < -0.4 is 29.9 Å². The van der Waals surface area contributed by atoms with Crippen molar-refractivity contribution < 1.29 is 32.7 Å². The lowest BCUT2D eigenvalue weighted by atomic mass is 9.96. The first-order chi connectivity index (χ1) is 41.7. The van der Waals surface area contributed by atoms with Gasteiger partial charge in [-0.2, -0.15) is 0 Å². The number of likely N-dealkylation sites (tertiary alicyclic amines) is 2. The minimum absolute atomic E-state index is 0.00987. The third kappa shape index (κ3) is 19.2. The average Bonchev–Trinajstić information content (AvgIpc) is 3.03. The Hall–Kier alpha value is -5.67. The van der Waals surface area contributed by atoms with Crippen LogP contribution in [0.5, 0.6) is 23.3 Å². The Bertz CT molecular complexity index is 3000. The van der Waals surface area contributed by atoms with Crippen molar-refractivity contribution >= 4 is 78.1 Å². The van der Waals surface area contributed by atoms with Crippen molar-refractivity contribution in [2.45, 2.75) is 52.6 Å². The van der Waals surface area contributed by atoms with Crippen LogP contribution in [0.15, 0.2) is 97.3 Å². The molecular formula is C62H75Cl4N12O7P. The maximum Gasteiger partial charge on any atom is 0.319 e. The molecule has 4 aromatic heterocycles. The van der Waals surface area contributed by atoms with Crippen LogP contribution in [0.25, 0.3) is 22.5 Å². The van der Waals surface area contributed by atoms with E-state index in [1.807, 2.05) is 60.7 Å². The number of benzene rings is 2. The number of pyridine rings is 4. The lowest BCUT2D eigenvalue weighted by molar-refractivity contribution is -0.120. The maximum atomic E-state index is 12.8. The zero-order valence-electron chi connectivity index (χ0n) is 48.7. The van der Waals surface area contributed by atoms with E-state index in [1.165, 1.54) is 0 Å². The molecule has 2 aromatic carbocycles. The van der Waals surface area contributed by atoms with Crippen LogP contribution in [0.1, 0.15) is 50.7 Å². The van der Waals surface area contributed by atoms with E-state index in [-0.39, 0.29) is 11.8 Å². The third-order valence-corrected chi connectivity index (χ3v) is 17.8. The quantitative estimate of drug-likeness (QED) is 0.0545. The van der Waals surface area contributed by atoms with Crippen LogP contribution in [-0.2, 0) is 36.3 Å². The van der Waals surface area contributed by atoms with E-state index in [0.717, 1.165) is 151 Å². The molecule has 0 saturated carbocycles. The molecule has 10 rings (SSSR count). The molecule has 24 heteroatoms. The highest BCUT2D eigenvalue weighted by molar-refractivity contribution is 7.33. The van der Waals surface area contributed by atoms with Gasteiger partial charge in [-0.15, -0.1) is 0 Å². The summed E-state index contributed by atoms with van der Waals surface area (Å²) in [6, 6.07) is 26.7. The fraction of sp³-hybridized carbons (Fsp3) is 0.452. The van der Waals surface area contributed by atoms with Gasteiger partial charge in [-0.05, 0) is 148 Å². The normalized spacial score (nSPS) is 17.1. The Morgan fingerprint density at radius 2 is 0.895 bits per heavy atom. The zero-order valence-corrected chi connectivity index (χ0v) is 52.7. The highest BCUT2D eigenvalue weighted by Crippen LogP contribution is 2.34. The number of piperazine rings is 2. The SMILES string of the molecule is CC(=O)NCC1CCN(Cc2cc(Oc3ccc(N4CCN(CCO[PH](=O)OCCN5CCN(c6ccc(Oc7cc(CN8CCC(CNC(C)=O)CC8)cc(-c8cc(Cl)cc(Cl)c8)n7)cn6)CC5)CC4)nc3)nc(-c3cc(Cl)cc(Cl)c3)c2)CC1. The summed E-state index contributed by atoms with van der Waals surface area (Å²) in [5.41, 5.74) is 5.12. The molecule has 0 radical (unpaired) electrons. The van der Waals surface area contributed by atoms with Gasteiger partial charge in [-0.3, -0.25) is 33.8 Å². The monoisotopic (exact) mass is 1270 g/mol. The Balaban J connectivity index is 0.624. The third-order valence-electron chi connectivity index (χ3n) is 16.1. The first kappa shape index (κ1) is 63.4. The number of carbonyl (C=O) groups excluding carboxylic acids is 2. The highest BCUT2D eigenvalue weighted by Gasteiger charge is 2.25. The number of amides is 2. The van der Waals surface area contributed by atoms with E-state index < -0.39 is 8.25 Å². The summed E-state index contributed by atoms with van der Waals surface area (Å²) >= 11 is 25.7. The summed E-state index contributed by atoms with van der Waals surface area (Å²) in [7, 11) is -2.64. The van der Waals surface area contributed by atoms with Gasteiger partial charge >= 0.3 is 8.25 Å². The van der Waals surface area contributed by atoms with E-state index >= 15 is 0 Å². The van der Waals surface area contributed by atoms with Crippen molar-refractivity contribution in [2.24, 2.45) is 11.8 Å². The summed E-state index contributed by atoms with van der Waals surface area (Å²) in [5.74, 6) is 4.72. The van der Waals surface area contributed by atoms with Crippen LogP contribution in [0.2, 0.25) is 20.1 Å². The Morgan fingerprint density at radius 1 is 0.512 bits per heavy atom. The molecule has 2 amide bonds. The number of hydrogen-bond acceptors (Lipinski definition) is 17. The molecule has 4 saturated heterocycles. The van der Waals surface area contributed by atoms with E-state index in [4.69, 9.17) is 84.9 Å². The molecule has 0 atom stereocenters. The van der Waals surface area contributed by atoms with Crippen LogP contribution in [0.3, 0.4) is 0 Å². The molecule has 86 heavy (non-hydrogen) atoms. The second kappa shape index (κ2) is 31.0. The number of nitrogens with one attached hydrogen (secondary N) is 2. The molecule has 0 bridgehead atoms. The number of rotatable bonds is 24. The zero-order chi connectivity index (χ0) is 59.9. The van der Waals surface area contributed by atoms with Gasteiger partial charge in [-0.25, -0.2) is 19.9 Å². The summed E-state index contributed by atoms with van der Waals surface area (Å²) in [6.07, 6.45) is 7.52. The number of halogens is 4. The minimum Gasteiger partial charge on any atom is -0.437 e. The molecule has 19 nitrogen and oxygen atoms in total. The summed E-state index contributed by atoms with van der Waals surface area (Å²) in [4.78, 5) is 56.1. The second-order valence-electron chi connectivity index (χ2n) is 22.5. The van der Waals surface area contributed by atoms with E-state index in [1.54, 1.807) is 38.4 Å². The van der Waals surface area contributed by atoms with Crippen LogP contribution in [0, 0.1) is 11.8 Å². The molecule has 6 aromatic rings. The average molecular weight is 1270 g/mol. The van der Waals surface area contributed by atoms with E-state index in [9.17, 15) is 14.2 Å². The van der Waals surface area contributed by atoms with Gasteiger partial charge in [0.15, 0.2) is 0 Å². The van der Waals surface area contributed by atoms with Gasteiger partial charge in [0.05, 0.1) is 37.0 Å². The number of anilines is 2. The highest BCUT2D eigenvalue weighted by atomic mass is 35.5. The van der Waals surface area contributed by atoms with Gasteiger partial charge in [-0.1, -0.05) is 46.4 Å². The summed E-state index contributed by atoms with van der Waals surface area (Å²) < 4.78 is 36.8. The molecule has 8 heterocycles. The largest absolute Gasteiger partial charge is 0.437 e. The van der Waals surface area contributed by atoms with Crippen molar-refractivity contribution in [3.05, 3.63) is 129 Å². The standard InChI is InChI=1S/C62H75Cl4N12O7P/c1-43(79)67-37-45-7-11-75(12-8-45)41-47-27-57(49-31-51(63)35-52(64)32-49)71-61(29-47)84-55-3-5-59(69-39-55)77-19-15-73(16-20-77)23-25-82-86(81)83-26-24-74-17-21-78(22-18-74)60-6-4-56(40-70-60)85-62-30-48(28-58(72-62)50-33-53(65)36-54(66)34-50)42-76-13-9-46(10-14-76)38-68-44(2)80/h3-6,27-36,39-40,45-46,86H,7-26,37-38,41-42H2,1-2H3,(H,67,79)(H,68,80). The van der Waals surface area contributed by atoms with Gasteiger partial charge in [0.1, 0.15) is 23.1 Å². The molecule has 2 N–H and O–H groups in total. The molecule has 4 fully saturated rings. The number of carbonyl (C=O) groups is 2. The van der Waals surface area contributed by atoms with Gasteiger partial charge < -0.3 is 39.0 Å². The molecule has 4 aliphatic rings. The van der Waals surface area contributed by atoms with Crippen molar-refractivity contribution in [3.8, 4) is 45.8 Å². The molecule has 0 aliphatic carbocycles. The van der Waals surface area contributed by atoms with Gasteiger partial charge in [0.2, 0.25) is 23.6 Å². The molecular weight excluding hydrogens is 1200 g/mol. The van der Waals surface area contributed by atoms with Crippen molar-refractivity contribution in [2.75, 3.05) is 128 Å². The fourth-order valence-corrected chi connectivity index (χ4v) is 13.0. The number of piperidine rings is 2. The maximum absolute atomic E-state index is 12.8. The molecule has 4 aliphatic heterocycles. The number of hydrogen-bond donors (Lipinski definition) is 2. The molecule has 0 spiro atoms. The van der Waals surface area contributed by atoms with Crippen LogP contribution >= 0.6 is 54.7 Å². The predicted molar refractivity (Wildman–Crippen MR) is 340 cm³/mol. The minimum atomic E-state index is -2.64. The molecule has 458 valence electrons. The van der Waals surface area contributed by atoms with E-state index in [2.05, 4.69) is 52.2 Å². The smallest absolute Gasteiger partial charge is 0.319 e. The van der Waals surface area contributed by atoms with Crippen molar-refractivity contribution in [3.63, 3.8) is 0 Å². The second-order valence-corrected chi connectivity index (χ2v) is 25.4. The van der Waals surface area contributed by atoms with Crippen molar-refractivity contribution in [1.82, 2.24) is 50.2 Å². The first-order valence-corrected chi connectivity index (χ1v) is 32.3. The first-order valence-electron chi connectivity index (χ1n) is 29.6. The van der Waals surface area contributed by atoms with Crippen molar-refractivity contribution in [1.29, 1.82) is 0 Å². The Kier molecular flexibility index (Phi) is 22.8. The van der Waals surface area contributed by atoms with Gasteiger partial charge in [0.25, 0.3) is 0 Å². The van der Waals surface area contributed by atoms with Crippen LogP contribution in [0.4, 0.5) is 11.6 Å². The number of aromatic nitrogens is 4. The van der Waals surface area contributed by atoms with Gasteiger partial charge in [0, 0.05) is 149 Å². The fourth-order valence-electron chi connectivity index (χ4n) is 11.3. The predicted octanol–water partition coefficient (Wildman–Crippen LogP) is 10.9. The summed E-state index contributed by atoms with van der Waals surface area (Å²) in [5, 5.41) is 8.04. The van der Waals surface area contributed by atoms with Crippen LogP contribution in [-0.4, -0.2) is 169 Å². The topological polar surface area (TPSA) is 183 Å². The lowest BCUT2D eigenvalue weighted by Crippen LogP contribution is -2.47. The molecule has 0 unspecified atom stereocenters. The summed E-state index contributed by atoms with van der Waals surface area (Å²) in [6.45, 7) is 18.0. The Morgan fingerprint density at radius 3 is 1.24 bits per heavy atom. The lowest BCUT2D eigenvalue weighted by Gasteiger charge is -2.35. The number of ether oxygens (including phenoxy) is 2. The number of nitrogens with zero attached hydrogens (tertiary/aromatic N) is 10. The van der Waals surface area contributed by atoms with E-state index in [0.29, 0.717) is 106 Å².